The number of aromatic nitrogens is 3. The molecule has 0 spiro atoms. The Hall–Kier alpha value is -3.48. The summed E-state index contributed by atoms with van der Waals surface area (Å²) in [5, 5.41) is 20.6. The Morgan fingerprint density at radius 2 is 2.09 bits per heavy atom. The summed E-state index contributed by atoms with van der Waals surface area (Å²) in [5.74, 6) is 0.564. The third-order valence-corrected chi connectivity index (χ3v) is 6.29. The molecule has 9 nitrogen and oxygen atoms in total. The zero-order valence-electron chi connectivity index (χ0n) is 18.8. The van der Waals surface area contributed by atoms with Crippen LogP contribution in [0.15, 0.2) is 42.9 Å². The number of carbonyl (C=O) groups is 1. The minimum atomic E-state index is -0.527. The van der Waals surface area contributed by atoms with Gasteiger partial charge in [-0.3, -0.25) is 9.69 Å². The van der Waals surface area contributed by atoms with Gasteiger partial charge in [-0.15, -0.1) is 0 Å². The third-order valence-electron chi connectivity index (χ3n) is 6.29. The Balaban J connectivity index is 1.51. The highest BCUT2D eigenvalue weighted by Crippen LogP contribution is 2.27. The van der Waals surface area contributed by atoms with E-state index in [4.69, 9.17) is 11.0 Å². The van der Waals surface area contributed by atoms with Crippen LogP contribution in [-0.2, 0) is 17.9 Å². The number of carbonyl (C=O) groups excluding carboxylic acids is 1. The van der Waals surface area contributed by atoms with Gasteiger partial charge in [-0.1, -0.05) is 12.1 Å². The molecule has 1 saturated heterocycles. The quantitative estimate of drug-likeness (QED) is 0.536. The molecule has 33 heavy (non-hydrogen) atoms. The second kappa shape index (κ2) is 9.98. The molecular formula is C24H29N7O2. The van der Waals surface area contributed by atoms with Crippen LogP contribution >= 0.6 is 0 Å². The van der Waals surface area contributed by atoms with Crippen molar-refractivity contribution < 1.29 is 9.90 Å². The molecule has 1 aliphatic rings. The Kier molecular flexibility index (Phi) is 6.87. The van der Waals surface area contributed by atoms with Gasteiger partial charge >= 0.3 is 0 Å². The van der Waals surface area contributed by atoms with E-state index < -0.39 is 6.10 Å². The maximum absolute atomic E-state index is 11.2. The fourth-order valence-electron chi connectivity index (χ4n) is 4.51. The van der Waals surface area contributed by atoms with Crippen LogP contribution in [0.5, 0.6) is 0 Å². The molecule has 1 aliphatic heterocycles. The fourth-order valence-corrected chi connectivity index (χ4v) is 4.51. The van der Waals surface area contributed by atoms with Crippen molar-refractivity contribution in [1.29, 1.82) is 5.26 Å². The Morgan fingerprint density at radius 1 is 1.30 bits per heavy atom. The Bertz CT molecular complexity index is 1150. The van der Waals surface area contributed by atoms with E-state index in [0.717, 1.165) is 41.9 Å². The van der Waals surface area contributed by atoms with Crippen molar-refractivity contribution in [2.24, 2.45) is 11.7 Å². The van der Waals surface area contributed by atoms with Crippen molar-refractivity contribution in [2.45, 2.75) is 32.5 Å². The number of amides is 1. The van der Waals surface area contributed by atoms with E-state index in [1.165, 1.54) is 0 Å². The molecule has 9 heteroatoms. The second-order valence-electron chi connectivity index (χ2n) is 8.54. The number of benzene rings is 1. The minimum Gasteiger partial charge on any atom is -0.391 e. The molecule has 2 atom stereocenters. The van der Waals surface area contributed by atoms with Crippen LogP contribution in [0.1, 0.15) is 24.5 Å². The lowest BCUT2D eigenvalue weighted by Gasteiger charge is -2.35. The van der Waals surface area contributed by atoms with E-state index in [1.54, 1.807) is 6.33 Å². The van der Waals surface area contributed by atoms with E-state index in [-0.39, 0.29) is 18.4 Å². The van der Waals surface area contributed by atoms with E-state index in [1.807, 2.05) is 41.4 Å². The van der Waals surface area contributed by atoms with Crippen LogP contribution in [-0.4, -0.2) is 62.7 Å². The van der Waals surface area contributed by atoms with Crippen molar-refractivity contribution in [3.05, 3.63) is 54.0 Å². The van der Waals surface area contributed by atoms with E-state index in [0.29, 0.717) is 25.2 Å². The largest absolute Gasteiger partial charge is 0.391 e. The standard InChI is InChI=1S/C24H29N7O2/c1-2-30(12-18-5-3-17(11-25)4-6-18)23-20-8-10-31(24(20)28-16-27-23)13-19-7-9-29(14-21(19)32)15-22(26)33/h3-6,8,10,16,19,21,32H,2,7,9,12-15H2,1H3,(H2,26,33)/t19-,21+/m0/s1. The normalized spacial score (nSPS) is 18.8. The molecule has 1 aromatic carbocycles. The predicted octanol–water partition coefficient (Wildman–Crippen LogP) is 1.50. The minimum absolute atomic E-state index is 0.0732. The summed E-state index contributed by atoms with van der Waals surface area (Å²) in [4.78, 5) is 24.4. The highest BCUT2D eigenvalue weighted by molar-refractivity contribution is 5.87. The van der Waals surface area contributed by atoms with Gasteiger partial charge in [-0.2, -0.15) is 5.26 Å². The molecule has 0 unspecified atom stereocenters. The topological polar surface area (TPSA) is 124 Å². The molecule has 0 radical (unpaired) electrons. The number of rotatable bonds is 8. The first-order chi connectivity index (χ1) is 16.0. The number of aliphatic hydroxyl groups excluding tert-OH is 1. The number of anilines is 1. The average molecular weight is 448 g/mol. The van der Waals surface area contributed by atoms with E-state index in [2.05, 4.69) is 32.4 Å². The van der Waals surface area contributed by atoms with Crippen molar-refractivity contribution in [2.75, 3.05) is 31.1 Å². The molecule has 1 amide bonds. The number of primary amides is 1. The molecule has 1 fully saturated rings. The second-order valence-corrected chi connectivity index (χ2v) is 8.54. The fraction of sp³-hybridized carbons (Fsp3) is 0.417. The first kappa shape index (κ1) is 22.7. The summed E-state index contributed by atoms with van der Waals surface area (Å²) in [7, 11) is 0. The molecule has 0 bridgehead atoms. The number of nitrogens with zero attached hydrogens (tertiary/aromatic N) is 6. The van der Waals surface area contributed by atoms with Gasteiger partial charge < -0.3 is 20.3 Å². The average Bonchev–Trinajstić information content (AvgIpc) is 3.22. The number of hydrogen-bond acceptors (Lipinski definition) is 7. The van der Waals surface area contributed by atoms with E-state index >= 15 is 0 Å². The number of aliphatic hydroxyl groups is 1. The summed E-state index contributed by atoms with van der Waals surface area (Å²) in [6.45, 7) is 5.54. The van der Waals surface area contributed by atoms with Gasteiger partial charge in [0.25, 0.3) is 0 Å². The van der Waals surface area contributed by atoms with Gasteiger partial charge in [0.15, 0.2) is 0 Å². The predicted molar refractivity (Wildman–Crippen MR) is 125 cm³/mol. The molecule has 3 heterocycles. The number of fused-ring (bicyclic) bond motifs is 1. The SMILES string of the molecule is CCN(Cc1ccc(C#N)cc1)c1ncnc2c1ccn2C[C@@H]1CCN(CC(N)=O)C[C@H]1O. The summed E-state index contributed by atoms with van der Waals surface area (Å²) < 4.78 is 2.08. The van der Waals surface area contributed by atoms with Crippen LogP contribution in [0.25, 0.3) is 11.0 Å². The van der Waals surface area contributed by atoms with Crippen LogP contribution in [0.4, 0.5) is 5.82 Å². The van der Waals surface area contributed by atoms with Gasteiger partial charge in [0.2, 0.25) is 5.91 Å². The van der Waals surface area contributed by atoms with Crippen LogP contribution in [0, 0.1) is 17.2 Å². The number of likely N-dealkylation sites (tertiary alicyclic amines) is 1. The third kappa shape index (κ3) is 5.13. The van der Waals surface area contributed by atoms with Gasteiger partial charge in [-0.25, -0.2) is 9.97 Å². The van der Waals surface area contributed by atoms with Crippen molar-refractivity contribution in [3.8, 4) is 6.07 Å². The number of nitriles is 1. The number of hydrogen-bond donors (Lipinski definition) is 2. The van der Waals surface area contributed by atoms with Crippen molar-refractivity contribution >= 4 is 22.8 Å². The lowest BCUT2D eigenvalue weighted by Crippen LogP contribution is -2.47. The Labute approximate surface area is 193 Å². The summed E-state index contributed by atoms with van der Waals surface area (Å²) in [6.07, 6.45) is 3.84. The lowest BCUT2D eigenvalue weighted by atomic mass is 9.93. The maximum atomic E-state index is 11.2. The van der Waals surface area contributed by atoms with Gasteiger partial charge in [0.1, 0.15) is 17.8 Å². The van der Waals surface area contributed by atoms with Crippen molar-refractivity contribution in [3.63, 3.8) is 0 Å². The smallest absolute Gasteiger partial charge is 0.231 e. The molecule has 0 aliphatic carbocycles. The van der Waals surface area contributed by atoms with Crippen molar-refractivity contribution in [1.82, 2.24) is 19.4 Å². The number of β-amino-alcohol motifs (C(OH)–C–C–N with tert-alkyl or cyclic N) is 1. The lowest BCUT2D eigenvalue weighted by molar-refractivity contribution is -0.120. The van der Waals surface area contributed by atoms with Crippen LogP contribution < -0.4 is 10.6 Å². The first-order valence-corrected chi connectivity index (χ1v) is 11.2. The zero-order valence-corrected chi connectivity index (χ0v) is 18.8. The molecule has 172 valence electrons. The van der Waals surface area contributed by atoms with Gasteiger partial charge in [0.05, 0.1) is 29.7 Å². The number of nitrogens with two attached hydrogens (primary N) is 1. The Morgan fingerprint density at radius 3 is 2.76 bits per heavy atom. The van der Waals surface area contributed by atoms with Crippen LogP contribution in [0.2, 0.25) is 0 Å². The molecular weight excluding hydrogens is 418 g/mol. The molecule has 0 saturated carbocycles. The first-order valence-electron chi connectivity index (χ1n) is 11.2. The van der Waals surface area contributed by atoms with E-state index in [9.17, 15) is 9.90 Å². The molecule has 4 rings (SSSR count). The van der Waals surface area contributed by atoms with Gasteiger partial charge in [0, 0.05) is 38.3 Å². The monoisotopic (exact) mass is 447 g/mol. The molecule has 3 N–H and O–H groups in total. The van der Waals surface area contributed by atoms with Crippen LogP contribution in [0.3, 0.4) is 0 Å². The zero-order chi connectivity index (χ0) is 23.4. The number of piperidine rings is 1. The maximum Gasteiger partial charge on any atom is 0.231 e. The molecule has 2 aromatic heterocycles. The highest BCUT2D eigenvalue weighted by atomic mass is 16.3. The summed E-state index contributed by atoms with van der Waals surface area (Å²) in [6, 6.07) is 11.8. The summed E-state index contributed by atoms with van der Waals surface area (Å²) in [5.41, 5.74) is 7.88. The van der Waals surface area contributed by atoms with Gasteiger partial charge in [-0.05, 0) is 43.7 Å². The highest BCUT2D eigenvalue weighted by Gasteiger charge is 2.29. The molecule has 3 aromatic rings. The summed E-state index contributed by atoms with van der Waals surface area (Å²) >= 11 is 0.